The van der Waals surface area contributed by atoms with Crippen LogP contribution >= 0.6 is 11.6 Å². The number of fused-ring (bicyclic) bond motifs is 1. The number of halogens is 1. The molecule has 0 radical (unpaired) electrons. The molecule has 0 aliphatic heterocycles. The standard InChI is InChI=1S/C22H17ClN2O2/c1-27-22(26)19(15-8-3-2-4-9-15)21-20(16-10-7-11-17(23)14-16)24-18-12-5-6-13-25(18)21/h2-14,19H,1H3. The van der Waals surface area contributed by atoms with Crippen LogP contribution in [0.2, 0.25) is 5.02 Å². The summed E-state index contributed by atoms with van der Waals surface area (Å²) in [6, 6.07) is 22.8. The minimum atomic E-state index is -0.609. The van der Waals surface area contributed by atoms with Crippen molar-refractivity contribution in [1.29, 1.82) is 0 Å². The number of hydrogen-bond donors (Lipinski definition) is 0. The summed E-state index contributed by atoms with van der Waals surface area (Å²) in [4.78, 5) is 17.6. The van der Waals surface area contributed by atoms with Crippen LogP contribution in [-0.4, -0.2) is 22.5 Å². The molecule has 0 bridgehead atoms. The Kier molecular flexibility index (Phi) is 4.65. The van der Waals surface area contributed by atoms with Gasteiger partial charge >= 0.3 is 5.97 Å². The van der Waals surface area contributed by atoms with E-state index in [4.69, 9.17) is 21.3 Å². The molecular weight excluding hydrogens is 360 g/mol. The predicted octanol–water partition coefficient (Wildman–Crippen LogP) is 4.96. The maximum absolute atomic E-state index is 12.8. The zero-order valence-electron chi connectivity index (χ0n) is 14.7. The third kappa shape index (κ3) is 3.20. The molecule has 0 amide bonds. The normalized spacial score (nSPS) is 12.1. The van der Waals surface area contributed by atoms with E-state index in [9.17, 15) is 4.79 Å². The zero-order valence-corrected chi connectivity index (χ0v) is 15.4. The van der Waals surface area contributed by atoms with E-state index in [1.54, 1.807) is 0 Å². The number of carbonyl (C=O) groups excluding carboxylic acids is 1. The molecule has 4 nitrogen and oxygen atoms in total. The quantitative estimate of drug-likeness (QED) is 0.473. The second-order valence-corrected chi connectivity index (χ2v) is 6.59. The van der Waals surface area contributed by atoms with Gasteiger partial charge < -0.3 is 9.14 Å². The average Bonchev–Trinajstić information content (AvgIpc) is 3.08. The van der Waals surface area contributed by atoms with Crippen molar-refractivity contribution in [1.82, 2.24) is 9.38 Å². The first-order valence-corrected chi connectivity index (χ1v) is 8.92. The summed E-state index contributed by atoms with van der Waals surface area (Å²) < 4.78 is 7.08. The fourth-order valence-corrected chi connectivity index (χ4v) is 3.50. The first kappa shape index (κ1) is 17.3. The third-order valence-electron chi connectivity index (χ3n) is 4.51. The molecule has 1 atom stereocenters. The molecule has 4 aromatic rings. The van der Waals surface area contributed by atoms with Gasteiger partial charge in [0.05, 0.1) is 18.5 Å². The van der Waals surface area contributed by atoms with Gasteiger partial charge in [-0.05, 0) is 29.8 Å². The number of aromatic nitrogens is 2. The highest BCUT2D eigenvalue weighted by Crippen LogP contribution is 2.35. The van der Waals surface area contributed by atoms with Gasteiger partial charge in [0.15, 0.2) is 0 Å². The number of rotatable bonds is 4. The van der Waals surface area contributed by atoms with E-state index in [0.717, 1.165) is 22.5 Å². The molecule has 0 saturated carbocycles. The number of imidazole rings is 1. The van der Waals surface area contributed by atoms with Crippen LogP contribution in [-0.2, 0) is 9.53 Å². The molecule has 0 aliphatic carbocycles. The van der Waals surface area contributed by atoms with Crippen molar-refractivity contribution >= 4 is 23.2 Å². The van der Waals surface area contributed by atoms with E-state index < -0.39 is 5.92 Å². The van der Waals surface area contributed by atoms with Crippen LogP contribution in [0.1, 0.15) is 17.2 Å². The van der Waals surface area contributed by atoms with Crippen molar-refractivity contribution in [3.63, 3.8) is 0 Å². The lowest BCUT2D eigenvalue weighted by Crippen LogP contribution is -2.18. The molecule has 27 heavy (non-hydrogen) atoms. The van der Waals surface area contributed by atoms with Gasteiger partial charge in [-0.1, -0.05) is 60.1 Å². The van der Waals surface area contributed by atoms with Gasteiger partial charge in [-0.25, -0.2) is 4.98 Å². The highest BCUT2D eigenvalue weighted by atomic mass is 35.5. The molecule has 134 valence electrons. The number of esters is 1. The summed E-state index contributed by atoms with van der Waals surface area (Å²) in [6.07, 6.45) is 1.91. The summed E-state index contributed by atoms with van der Waals surface area (Å²) in [6.45, 7) is 0. The van der Waals surface area contributed by atoms with Gasteiger partial charge in [0.25, 0.3) is 0 Å². The fraction of sp³-hybridized carbons (Fsp3) is 0.0909. The summed E-state index contributed by atoms with van der Waals surface area (Å²) >= 11 is 6.21. The molecule has 0 aliphatic rings. The lowest BCUT2D eigenvalue weighted by atomic mass is 9.92. The van der Waals surface area contributed by atoms with E-state index in [1.807, 2.05) is 83.4 Å². The number of pyridine rings is 1. The van der Waals surface area contributed by atoms with Crippen LogP contribution in [0.4, 0.5) is 0 Å². The van der Waals surface area contributed by atoms with Gasteiger partial charge in [-0.15, -0.1) is 0 Å². The topological polar surface area (TPSA) is 43.6 Å². The van der Waals surface area contributed by atoms with Crippen LogP contribution in [0.25, 0.3) is 16.9 Å². The highest BCUT2D eigenvalue weighted by molar-refractivity contribution is 6.30. The van der Waals surface area contributed by atoms with E-state index >= 15 is 0 Å². The number of benzene rings is 2. The van der Waals surface area contributed by atoms with Gasteiger partial charge in [-0.2, -0.15) is 0 Å². The van der Waals surface area contributed by atoms with Crippen LogP contribution in [0.15, 0.2) is 79.0 Å². The Morgan fingerprint density at radius 1 is 1.04 bits per heavy atom. The molecule has 2 aromatic heterocycles. The molecule has 2 heterocycles. The van der Waals surface area contributed by atoms with Crippen LogP contribution in [0.5, 0.6) is 0 Å². The Bertz CT molecular complexity index is 1110. The summed E-state index contributed by atoms with van der Waals surface area (Å²) in [7, 11) is 1.40. The molecule has 4 rings (SSSR count). The van der Waals surface area contributed by atoms with Crippen molar-refractivity contribution < 1.29 is 9.53 Å². The third-order valence-corrected chi connectivity index (χ3v) is 4.74. The van der Waals surface area contributed by atoms with Crippen molar-refractivity contribution in [2.24, 2.45) is 0 Å². The Balaban J connectivity index is 2.03. The fourth-order valence-electron chi connectivity index (χ4n) is 3.31. The average molecular weight is 377 g/mol. The molecule has 2 aromatic carbocycles. The van der Waals surface area contributed by atoms with E-state index in [-0.39, 0.29) is 5.97 Å². The summed E-state index contributed by atoms with van der Waals surface area (Å²) in [5.74, 6) is -0.947. The van der Waals surface area contributed by atoms with Gasteiger partial charge in [0, 0.05) is 16.8 Å². The second kappa shape index (κ2) is 7.25. The number of carbonyl (C=O) groups is 1. The monoisotopic (exact) mass is 376 g/mol. The molecular formula is C22H17ClN2O2. The summed E-state index contributed by atoms with van der Waals surface area (Å²) in [5, 5.41) is 0.616. The lowest BCUT2D eigenvalue weighted by Gasteiger charge is -2.17. The van der Waals surface area contributed by atoms with Crippen LogP contribution in [0, 0.1) is 0 Å². The molecule has 0 fully saturated rings. The van der Waals surface area contributed by atoms with Crippen LogP contribution < -0.4 is 0 Å². The molecule has 0 saturated heterocycles. The van der Waals surface area contributed by atoms with Gasteiger partial charge in [0.2, 0.25) is 0 Å². The smallest absolute Gasteiger partial charge is 0.319 e. The predicted molar refractivity (Wildman–Crippen MR) is 106 cm³/mol. The van der Waals surface area contributed by atoms with E-state index in [0.29, 0.717) is 10.7 Å². The minimum Gasteiger partial charge on any atom is -0.468 e. The minimum absolute atomic E-state index is 0.338. The number of hydrogen-bond acceptors (Lipinski definition) is 3. The number of ether oxygens (including phenoxy) is 1. The van der Waals surface area contributed by atoms with Gasteiger partial charge in [-0.3, -0.25) is 4.79 Å². The number of methoxy groups -OCH3 is 1. The maximum atomic E-state index is 12.8. The SMILES string of the molecule is COC(=O)C(c1ccccc1)c1c(-c2cccc(Cl)c2)nc2ccccn12. The van der Waals surface area contributed by atoms with Crippen LogP contribution in [0.3, 0.4) is 0 Å². The van der Waals surface area contributed by atoms with Gasteiger partial charge in [0.1, 0.15) is 11.6 Å². The first-order valence-electron chi connectivity index (χ1n) is 8.54. The Labute approximate surface area is 162 Å². The lowest BCUT2D eigenvalue weighted by molar-refractivity contribution is -0.141. The molecule has 5 heteroatoms. The maximum Gasteiger partial charge on any atom is 0.319 e. The van der Waals surface area contributed by atoms with Crippen molar-refractivity contribution in [3.05, 3.63) is 95.3 Å². The molecule has 0 spiro atoms. The largest absolute Gasteiger partial charge is 0.468 e. The van der Waals surface area contributed by atoms with E-state index in [1.165, 1.54) is 7.11 Å². The van der Waals surface area contributed by atoms with Crippen molar-refractivity contribution in [3.8, 4) is 11.3 Å². The Hall–Kier alpha value is -3.11. The Morgan fingerprint density at radius 2 is 1.81 bits per heavy atom. The van der Waals surface area contributed by atoms with Crippen molar-refractivity contribution in [2.75, 3.05) is 7.11 Å². The first-order chi connectivity index (χ1) is 13.2. The molecule has 0 N–H and O–H groups in total. The zero-order chi connectivity index (χ0) is 18.8. The second-order valence-electron chi connectivity index (χ2n) is 6.15. The summed E-state index contributed by atoms with van der Waals surface area (Å²) in [5.41, 5.74) is 3.92. The highest BCUT2D eigenvalue weighted by Gasteiger charge is 2.30. The Morgan fingerprint density at radius 3 is 2.56 bits per heavy atom. The van der Waals surface area contributed by atoms with E-state index in [2.05, 4.69) is 0 Å². The van der Waals surface area contributed by atoms with Crippen molar-refractivity contribution in [2.45, 2.75) is 5.92 Å². The number of nitrogens with zero attached hydrogens (tertiary/aromatic N) is 2. The molecule has 1 unspecified atom stereocenters.